The third kappa shape index (κ3) is 3.76. The highest BCUT2D eigenvalue weighted by Gasteiger charge is 2.29. The van der Waals surface area contributed by atoms with Crippen LogP contribution in [-0.2, 0) is 19.0 Å². The van der Waals surface area contributed by atoms with Crippen molar-refractivity contribution < 1.29 is 0 Å². The Bertz CT molecular complexity index is 425. The summed E-state index contributed by atoms with van der Waals surface area (Å²) >= 11 is 2.11. The van der Waals surface area contributed by atoms with Crippen LogP contribution in [0.15, 0.2) is 6.20 Å². The molecule has 1 aliphatic rings. The molecule has 0 aromatic carbocycles. The Balaban J connectivity index is 1.96. The molecule has 0 saturated carbocycles. The molecule has 0 amide bonds. The molecule has 1 aromatic rings. The van der Waals surface area contributed by atoms with E-state index in [1.807, 2.05) is 11.7 Å². The predicted octanol–water partition coefficient (Wildman–Crippen LogP) is 3.09. The number of thioether (sulfide) groups is 1. The maximum absolute atomic E-state index is 4.62. The fraction of sp³-hybridized carbons (Fsp3) is 0.800. The minimum Gasteiger partial charge on any atom is -0.311 e. The Morgan fingerprint density at radius 1 is 1.47 bits per heavy atom. The zero-order chi connectivity index (χ0) is 14.1. The molecule has 19 heavy (non-hydrogen) atoms. The molecule has 1 aliphatic heterocycles. The first-order chi connectivity index (χ1) is 8.80. The second kappa shape index (κ2) is 5.49. The van der Waals surface area contributed by atoms with E-state index in [9.17, 15) is 0 Å². The lowest BCUT2D eigenvalue weighted by Crippen LogP contribution is -2.33. The zero-order valence-electron chi connectivity index (χ0n) is 12.9. The molecule has 108 valence electrons. The maximum atomic E-state index is 4.62. The van der Waals surface area contributed by atoms with Gasteiger partial charge in [0.2, 0.25) is 0 Å². The molecule has 1 fully saturated rings. The van der Waals surface area contributed by atoms with Crippen LogP contribution in [0.2, 0.25) is 0 Å². The van der Waals surface area contributed by atoms with Gasteiger partial charge in [-0.25, -0.2) is 0 Å². The van der Waals surface area contributed by atoms with Crippen molar-refractivity contribution in [2.24, 2.45) is 7.05 Å². The molecule has 1 N–H and O–H groups in total. The topological polar surface area (TPSA) is 29.9 Å². The predicted molar refractivity (Wildman–Crippen MR) is 83.7 cm³/mol. The number of rotatable bonds is 4. The molecule has 0 radical (unpaired) electrons. The molecule has 2 heterocycles. The summed E-state index contributed by atoms with van der Waals surface area (Å²) in [5.41, 5.74) is 2.66. The van der Waals surface area contributed by atoms with Gasteiger partial charge in [0.1, 0.15) is 0 Å². The van der Waals surface area contributed by atoms with E-state index in [0.29, 0.717) is 4.75 Å². The van der Waals surface area contributed by atoms with Gasteiger partial charge in [-0.15, -0.1) is 0 Å². The standard InChI is InChI=1S/C15H27N3S/c1-14(2,3)13-12(10-18(5)17-13)9-16-11-15(4)7-6-8-19-15/h10,16H,6-9,11H2,1-5H3. The van der Waals surface area contributed by atoms with Crippen molar-refractivity contribution in [3.63, 3.8) is 0 Å². The number of nitrogens with zero attached hydrogens (tertiary/aromatic N) is 2. The monoisotopic (exact) mass is 281 g/mol. The summed E-state index contributed by atoms with van der Waals surface area (Å²) in [5, 5.41) is 8.26. The summed E-state index contributed by atoms with van der Waals surface area (Å²) in [6, 6.07) is 0. The van der Waals surface area contributed by atoms with Gasteiger partial charge < -0.3 is 5.32 Å². The van der Waals surface area contributed by atoms with Crippen LogP contribution in [0.25, 0.3) is 0 Å². The van der Waals surface area contributed by atoms with Crippen LogP contribution in [0.1, 0.15) is 51.8 Å². The summed E-state index contributed by atoms with van der Waals surface area (Å²) < 4.78 is 2.37. The molecular formula is C15H27N3S. The highest BCUT2D eigenvalue weighted by atomic mass is 32.2. The highest BCUT2D eigenvalue weighted by Crippen LogP contribution is 2.37. The van der Waals surface area contributed by atoms with Crippen LogP contribution >= 0.6 is 11.8 Å². The SMILES string of the molecule is Cn1cc(CNCC2(C)CCCS2)c(C(C)(C)C)n1. The molecule has 1 aromatic heterocycles. The van der Waals surface area contributed by atoms with Crippen molar-refractivity contribution in [3.8, 4) is 0 Å². The van der Waals surface area contributed by atoms with E-state index < -0.39 is 0 Å². The molecule has 0 spiro atoms. The number of nitrogens with one attached hydrogen (secondary N) is 1. The first-order valence-corrected chi connectivity index (χ1v) is 8.16. The lowest BCUT2D eigenvalue weighted by molar-refractivity contribution is 0.522. The second-order valence-electron chi connectivity index (χ2n) is 6.93. The van der Waals surface area contributed by atoms with Crippen LogP contribution in [0.5, 0.6) is 0 Å². The first-order valence-electron chi connectivity index (χ1n) is 7.18. The molecule has 0 bridgehead atoms. The summed E-state index contributed by atoms with van der Waals surface area (Å²) in [4.78, 5) is 0. The smallest absolute Gasteiger partial charge is 0.0722 e. The fourth-order valence-electron chi connectivity index (χ4n) is 2.74. The highest BCUT2D eigenvalue weighted by molar-refractivity contribution is 8.00. The maximum Gasteiger partial charge on any atom is 0.0722 e. The zero-order valence-corrected chi connectivity index (χ0v) is 13.7. The van der Waals surface area contributed by atoms with Gasteiger partial charge >= 0.3 is 0 Å². The Hall–Kier alpha value is -0.480. The van der Waals surface area contributed by atoms with Crippen molar-refractivity contribution in [2.45, 2.75) is 57.2 Å². The van der Waals surface area contributed by atoms with E-state index in [0.717, 1.165) is 13.1 Å². The third-order valence-corrected chi connectivity index (χ3v) is 5.27. The van der Waals surface area contributed by atoms with Gasteiger partial charge in [0.05, 0.1) is 5.69 Å². The van der Waals surface area contributed by atoms with Crippen LogP contribution in [-0.4, -0.2) is 26.8 Å². The van der Waals surface area contributed by atoms with Crippen LogP contribution in [0, 0.1) is 0 Å². The largest absolute Gasteiger partial charge is 0.311 e. The molecule has 2 rings (SSSR count). The second-order valence-corrected chi connectivity index (χ2v) is 8.61. The van der Waals surface area contributed by atoms with Crippen molar-refractivity contribution in [1.82, 2.24) is 15.1 Å². The minimum atomic E-state index is 0.115. The van der Waals surface area contributed by atoms with Crippen molar-refractivity contribution in [2.75, 3.05) is 12.3 Å². The Morgan fingerprint density at radius 2 is 2.21 bits per heavy atom. The molecule has 1 atom stereocenters. The van der Waals surface area contributed by atoms with Gasteiger partial charge in [-0.2, -0.15) is 16.9 Å². The van der Waals surface area contributed by atoms with Crippen LogP contribution in [0.3, 0.4) is 0 Å². The summed E-state index contributed by atoms with van der Waals surface area (Å²) in [6.07, 6.45) is 4.85. The molecule has 1 unspecified atom stereocenters. The van der Waals surface area contributed by atoms with Crippen molar-refractivity contribution in [1.29, 1.82) is 0 Å². The average Bonchev–Trinajstić information content (AvgIpc) is 2.85. The summed E-state index contributed by atoms with van der Waals surface area (Å²) in [7, 11) is 2.01. The lowest BCUT2D eigenvalue weighted by atomic mass is 9.89. The van der Waals surface area contributed by atoms with Gasteiger partial charge in [-0.05, 0) is 25.5 Å². The van der Waals surface area contributed by atoms with E-state index in [2.05, 4.69) is 56.1 Å². The summed E-state index contributed by atoms with van der Waals surface area (Å²) in [5.74, 6) is 1.32. The van der Waals surface area contributed by atoms with Gasteiger partial charge in [-0.3, -0.25) is 4.68 Å². The average molecular weight is 281 g/mol. The van der Waals surface area contributed by atoms with Gasteiger partial charge in [0.15, 0.2) is 0 Å². The normalized spacial score (nSPS) is 24.1. The van der Waals surface area contributed by atoms with E-state index in [1.54, 1.807) is 0 Å². The van der Waals surface area contributed by atoms with Gasteiger partial charge in [0.25, 0.3) is 0 Å². The molecule has 3 nitrogen and oxygen atoms in total. The number of aryl methyl sites for hydroxylation is 1. The van der Waals surface area contributed by atoms with Crippen molar-refractivity contribution in [3.05, 3.63) is 17.5 Å². The van der Waals surface area contributed by atoms with Crippen LogP contribution in [0.4, 0.5) is 0 Å². The third-order valence-electron chi connectivity index (χ3n) is 3.73. The summed E-state index contributed by atoms with van der Waals surface area (Å²) in [6.45, 7) is 11.1. The Kier molecular flexibility index (Phi) is 4.31. The minimum absolute atomic E-state index is 0.115. The van der Waals surface area contributed by atoms with Crippen LogP contribution < -0.4 is 5.32 Å². The Labute approximate surface area is 121 Å². The van der Waals surface area contributed by atoms with Gasteiger partial charge in [0, 0.05) is 42.1 Å². The molecule has 0 aliphatic carbocycles. The first kappa shape index (κ1) is 14.9. The number of aromatic nitrogens is 2. The Morgan fingerprint density at radius 3 is 2.79 bits per heavy atom. The van der Waals surface area contributed by atoms with Gasteiger partial charge in [-0.1, -0.05) is 20.8 Å². The van der Waals surface area contributed by atoms with E-state index >= 15 is 0 Å². The fourth-order valence-corrected chi connectivity index (χ4v) is 4.01. The molecule has 4 heteroatoms. The lowest BCUT2D eigenvalue weighted by Gasteiger charge is -2.23. The number of hydrogen-bond acceptors (Lipinski definition) is 3. The van der Waals surface area contributed by atoms with E-state index in [-0.39, 0.29) is 5.41 Å². The molecular weight excluding hydrogens is 254 g/mol. The molecule has 1 saturated heterocycles. The van der Waals surface area contributed by atoms with E-state index in [4.69, 9.17) is 0 Å². The van der Waals surface area contributed by atoms with Crippen molar-refractivity contribution >= 4 is 11.8 Å². The number of hydrogen-bond donors (Lipinski definition) is 1. The van der Waals surface area contributed by atoms with E-state index in [1.165, 1.54) is 29.9 Å². The quantitative estimate of drug-likeness (QED) is 0.920.